The van der Waals surface area contributed by atoms with Crippen molar-refractivity contribution in [3.05, 3.63) is 53.0 Å². The van der Waals surface area contributed by atoms with Gasteiger partial charge in [0.25, 0.3) is 5.91 Å². The Labute approximate surface area is 245 Å². The quantitative estimate of drug-likeness (QED) is 0.249. The summed E-state index contributed by atoms with van der Waals surface area (Å²) in [7, 11) is 0. The lowest BCUT2D eigenvalue weighted by Crippen LogP contribution is -2.40. The molecule has 222 valence electrons. The molecule has 0 radical (unpaired) electrons. The molecule has 6 rings (SSSR count). The number of imidazole rings is 1. The molecule has 12 heteroatoms. The monoisotopic (exact) mass is 572 g/mol. The summed E-state index contributed by atoms with van der Waals surface area (Å²) in [6, 6.07) is 8.37. The number of carbonyl (C=O) groups excluding carboxylic acids is 1. The van der Waals surface area contributed by atoms with E-state index in [-0.39, 0.29) is 23.9 Å². The molecule has 5 heterocycles. The van der Waals surface area contributed by atoms with Crippen LogP contribution < -0.4 is 21.3 Å². The van der Waals surface area contributed by atoms with Gasteiger partial charge >= 0.3 is 0 Å². The third kappa shape index (κ3) is 5.82. The molecule has 3 aromatic heterocycles. The highest BCUT2D eigenvalue weighted by Gasteiger charge is 2.24. The number of anilines is 2. The lowest BCUT2D eigenvalue weighted by atomic mass is 10.1. The molecule has 0 unspecified atom stereocenters. The number of H-pyrrole nitrogens is 1. The zero-order chi connectivity index (χ0) is 29.2. The Bertz CT molecular complexity index is 1550. The van der Waals surface area contributed by atoms with E-state index >= 15 is 0 Å². The van der Waals surface area contributed by atoms with Crippen LogP contribution in [-0.4, -0.2) is 73.8 Å². The van der Waals surface area contributed by atoms with Gasteiger partial charge in [-0.1, -0.05) is 38.1 Å². The second-order valence-electron chi connectivity index (χ2n) is 11.6. The third-order valence-electron chi connectivity index (χ3n) is 8.19. The fourth-order valence-corrected chi connectivity index (χ4v) is 5.63. The number of rotatable bonds is 8. The fraction of sp³-hybridized carbons (Fsp3) is 0.500. The lowest BCUT2D eigenvalue weighted by Gasteiger charge is -2.30. The number of fused-ring (bicyclic) bond motifs is 1. The van der Waals surface area contributed by atoms with E-state index in [1.807, 2.05) is 31.3 Å². The molecule has 0 bridgehead atoms. The average Bonchev–Trinajstić information content (AvgIpc) is 3.61. The second kappa shape index (κ2) is 12.1. The maximum absolute atomic E-state index is 13.0. The number of hydrogen-bond donors (Lipinski definition) is 4. The van der Waals surface area contributed by atoms with Gasteiger partial charge in [-0.3, -0.25) is 4.79 Å². The highest BCUT2D eigenvalue weighted by molar-refractivity contribution is 5.94. The normalized spacial score (nSPS) is 16.8. The Kier molecular flexibility index (Phi) is 8.07. The number of hydrogen-bond acceptors (Lipinski definition) is 9. The zero-order valence-corrected chi connectivity index (χ0v) is 24.6. The highest BCUT2D eigenvalue weighted by atomic mass is 16.5. The number of nitrogens with two attached hydrogens (primary N) is 1. The van der Waals surface area contributed by atoms with Gasteiger partial charge in [0, 0.05) is 61.8 Å². The molecule has 5 N–H and O–H groups in total. The number of aryl methyl sites for hydroxylation is 1. The van der Waals surface area contributed by atoms with E-state index in [2.05, 4.69) is 45.5 Å². The zero-order valence-electron chi connectivity index (χ0n) is 24.6. The molecule has 2 aliphatic heterocycles. The van der Waals surface area contributed by atoms with Crippen molar-refractivity contribution >= 4 is 23.5 Å². The number of piperidine rings is 1. The van der Waals surface area contributed by atoms with Gasteiger partial charge in [0.2, 0.25) is 11.9 Å². The van der Waals surface area contributed by atoms with Gasteiger partial charge in [-0.05, 0) is 44.1 Å². The molecule has 0 atom stereocenters. The van der Waals surface area contributed by atoms with E-state index in [1.165, 1.54) is 0 Å². The highest BCUT2D eigenvalue weighted by Crippen LogP contribution is 2.27. The minimum Gasteiger partial charge on any atom is -0.381 e. The number of amides is 1. The molecule has 2 aliphatic rings. The number of aromatic nitrogens is 6. The van der Waals surface area contributed by atoms with Crippen LogP contribution in [0.25, 0.3) is 17.0 Å². The molecule has 2 fully saturated rings. The maximum atomic E-state index is 13.0. The topological polar surface area (TPSA) is 151 Å². The number of nitrogens with one attached hydrogen (secondary N) is 3. The van der Waals surface area contributed by atoms with Gasteiger partial charge in [0.05, 0.1) is 6.20 Å². The Morgan fingerprint density at radius 2 is 1.88 bits per heavy atom. The largest absolute Gasteiger partial charge is 0.381 e. The molecular weight excluding hydrogens is 532 g/mol. The van der Waals surface area contributed by atoms with Crippen molar-refractivity contribution in [2.24, 2.45) is 5.73 Å². The van der Waals surface area contributed by atoms with Crippen LogP contribution >= 0.6 is 0 Å². The van der Waals surface area contributed by atoms with Crippen LogP contribution in [0.3, 0.4) is 0 Å². The van der Waals surface area contributed by atoms with Crippen LogP contribution in [0.15, 0.2) is 30.5 Å². The van der Waals surface area contributed by atoms with E-state index in [4.69, 9.17) is 25.4 Å². The minimum atomic E-state index is -0.160. The predicted octanol–water partition coefficient (Wildman–Crippen LogP) is 3.39. The summed E-state index contributed by atoms with van der Waals surface area (Å²) in [5, 5.41) is 11.3. The molecule has 0 saturated carbocycles. The second-order valence-corrected chi connectivity index (χ2v) is 11.6. The van der Waals surface area contributed by atoms with Crippen molar-refractivity contribution in [3.63, 3.8) is 0 Å². The fourth-order valence-electron chi connectivity index (χ4n) is 5.63. The first-order valence-corrected chi connectivity index (χ1v) is 14.9. The Balaban J connectivity index is 1.26. The van der Waals surface area contributed by atoms with Crippen molar-refractivity contribution in [2.45, 2.75) is 71.0 Å². The Morgan fingerprint density at radius 3 is 2.64 bits per heavy atom. The number of carbonyl (C=O) groups is 1. The van der Waals surface area contributed by atoms with Crippen LogP contribution in [0.2, 0.25) is 0 Å². The molecule has 1 amide bonds. The smallest absolute Gasteiger partial charge is 0.271 e. The number of ether oxygens (including phenoxy) is 1. The van der Waals surface area contributed by atoms with Crippen LogP contribution in [0.1, 0.15) is 72.8 Å². The molecule has 12 nitrogen and oxygen atoms in total. The van der Waals surface area contributed by atoms with Gasteiger partial charge in [0.15, 0.2) is 5.65 Å². The van der Waals surface area contributed by atoms with Gasteiger partial charge < -0.3 is 31.0 Å². The lowest BCUT2D eigenvalue weighted by molar-refractivity contribution is 0.0694. The van der Waals surface area contributed by atoms with E-state index in [0.29, 0.717) is 43.2 Å². The number of benzene rings is 1. The predicted molar refractivity (Wildman–Crippen MR) is 162 cm³/mol. The molecule has 2 saturated heterocycles. The van der Waals surface area contributed by atoms with Crippen molar-refractivity contribution in [2.75, 3.05) is 36.5 Å². The first kappa shape index (κ1) is 28.1. The van der Waals surface area contributed by atoms with Gasteiger partial charge in [-0.2, -0.15) is 19.6 Å². The summed E-state index contributed by atoms with van der Waals surface area (Å²) in [5.41, 5.74) is 11.1. The van der Waals surface area contributed by atoms with Crippen molar-refractivity contribution in [1.29, 1.82) is 0 Å². The van der Waals surface area contributed by atoms with Gasteiger partial charge in [-0.25, -0.2) is 4.98 Å². The van der Waals surface area contributed by atoms with E-state index in [0.717, 1.165) is 66.8 Å². The summed E-state index contributed by atoms with van der Waals surface area (Å²) in [6.45, 7) is 9.64. The van der Waals surface area contributed by atoms with Crippen LogP contribution in [0.5, 0.6) is 0 Å². The third-order valence-corrected chi connectivity index (χ3v) is 8.19. The van der Waals surface area contributed by atoms with Crippen LogP contribution in [-0.2, 0) is 11.3 Å². The van der Waals surface area contributed by atoms with Crippen molar-refractivity contribution in [3.8, 4) is 11.4 Å². The summed E-state index contributed by atoms with van der Waals surface area (Å²) in [4.78, 5) is 33.2. The molecule has 0 spiro atoms. The molecule has 42 heavy (non-hydrogen) atoms. The molecule has 4 aromatic rings. The number of aromatic amines is 1. The molecule has 1 aromatic carbocycles. The van der Waals surface area contributed by atoms with Crippen LogP contribution in [0, 0.1) is 6.92 Å². The molecule has 0 aliphatic carbocycles. The summed E-state index contributed by atoms with van der Waals surface area (Å²) in [6.07, 6.45) is 5.34. The molecular formula is C30H40N10O2. The summed E-state index contributed by atoms with van der Waals surface area (Å²) >= 11 is 0. The van der Waals surface area contributed by atoms with Crippen molar-refractivity contribution in [1.82, 2.24) is 34.9 Å². The average molecular weight is 573 g/mol. The van der Waals surface area contributed by atoms with E-state index < -0.39 is 0 Å². The van der Waals surface area contributed by atoms with Crippen molar-refractivity contribution < 1.29 is 9.53 Å². The number of nitrogens with zero attached hydrogens (tertiary/aromatic N) is 6. The SMILES string of the molecule is Cc1[nH]c(-c2ccccc2CNc2nc(N3CCC(N)CC3)nc3c(C(C)C)cnn23)nc1C(=O)NC1CCOCC1. The van der Waals surface area contributed by atoms with Crippen LogP contribution in [0.4, 0.5) is 11.9 Å². The van der Waals surface area contributed by atoms with E-state index in [9.17, 15) is 4.79 Å². The Morgan fingerprint density at radius 1 is 1.12 bits per heavy atom. The summed E-state index contributed by atoms with van der Waals surface area (Å²) < 4.78 is 7.20. The first-order valence-electron chi connectivity index (χ1n) is 14.9. The first-order chi connectivity index (χ1) is 20.4. The van der Waals surface area contributed by atoms with E-state index in [1.54, 1.807) is 4.52 Å². The van der Waals surface area contributed by atoms with Gasteiger partial charge in [-0.15, -0.1) is 0 Å². The summed E-state index contributed by atoms with van der Waals surface area (Å²) in [5.74, 6) is 2.08. The maximum Gasteiger partial charge on any atom is 0.271 e. The Hall–Kier alpha value is -4.03. The minimum absolute atomic E-state index is 0.108. The standard InChI is InChI=1S/C30H40N10O2/c1-18(2)24-17-33-40-27(24)37-30(39-12-8-21(31)9-13-39)38-29(40)32-16-20-6-4-5-7-23(20)26-34-19(3)25(36-26)28(41)35-22-10-14-42-15-11-22/h4-7,17-18,21-22H,8-16,31H2,1-3H3,(H,34,36)(H,35,41)(H,32,37,38). The van der Waals surface area contributed by atoms with Gasteiger partial charge in [0.1, 0.15) is 11.5 Å².